The Kier molecular flexibility index (Phi) is 5.54. The average Bonchev–Trinajstić information content (AvgIpc) is 2.36. The van der Waals surface area contributed by atoms with Gasteiger partial charge < -0.3 is 5.73 Å². The SMILES string of the molecule is CC(N)C1CCCCN1S(=O)(=O)Cc1cc(Cl)cc(Cl)c1. The van der Waals surface area contributed by atoms with E-state index >= 15 is 0 Å². The molecule has 0 amide bonds. The molecule has 1 saturated heterocycles. The van der Waals surface area contributed by atoms with Crippen molar-refractivity contribution >= 4 is 33.2 Å². The molecule has 1 aliphatic heterocycles. The van der Waals surface area contributed by atoms with Gasteiger partial charge in [0.2, 0.25) is 10.0 Å². The lowest BCUT2D eigenvalue weighted by Crippen LogP contribution is -2.51. The summed E-state index contributed by atoms with van der Waals surface area (Å²) in [5.74, 6) is -0.101. The zero-order chi connectivity index (χ0) is 15.6. The molecular weight excluding hydrogens is 331 g/mol. The standard InChI is InChI=1S/C14H20Cl2N2O2S/c1-10(17)14-4-2-3-5-18(14)21(19,20)9-11-6-12(15)8-13(16)7-11/h6-8,10,14H,2-5,9,17H2,1H3. The van der Waals surface area contributed by atoms with Gasteiger partial charge in [0, 0.05) is 28.7 Å². The molecule has 7 heteroatoms. The first-order valence-corrected chi connectivity index (χ1v) is 9.36. The van der Waals surface area contributed by atoms with E-state index in [1.54, 1.807) is 22.5 Å². The van der Waals surface area contributed by atoms with Crippen LogP contribution in [0.25, 0.3) is 0 Å². The number of sulfonamides is 1. The molecule has 1 aromatic rings. The first-order valence-electron chi connectivity index (χ1n) is 6.99. The first-order chi connectivity index (χ1) is 9.79. The number of benzene rings is 1. The van der Waals surface area contributed by atoms with Crippen molar-refractivity contribution in [2.75, 3.05) is 6.54 Å². The zero-order valence-electron chi connectivity index (χ0n) is 11.9. The highest BCUT2D eigenvalue weighted by Crippen LogP contribution is 2.26. The fourth-order valence-electron chi connectivity index (χ4n) is 2.79. The van der Waals surface area contributed by atoms with Crippen LogP contribution in [0.3, 0.4) is 0 Å². The first kappa shape index (κ1) is 17.0. The number of piperidine rings is 1. The molecule has 4 nitrogen and oxygen atoms in total. The van der Waals surface area contributed by atoms with Gasteiger partial charge >= 0.3 is 0 Å². The number of hydrogen-bond acceptors (Lipinski definition) is 3. The van der Waals surface area contributed by atoms with Crippen LogP contribution in [0, 0.1) is 0 Å². The molecule has 21 heavy (non-hydrogen) atoms. The number of nitrogens with two attached hydrogens (primary N) is 1. The predicted octanol–water partition coefficient (Wildman–Crippen LogP) is 3.02. The van der Waals surface area contributed by atoms with E-state index in [1.165, 1.54) is 0 Å². The minimum Gasteiger partial charge on any atom is -0.326 e. The van der Waals surface area contributed by atoms with E-state index in [-0.39, 0.29) is 17.8 Å². The molecule has 0 bridgehead atoms. The van der Waals surface area contributed by atoms with Crippen molar-refractivity contribution < 1.29 is 8.42 Å². The number of rotatable bonds is 4. The summed E-state index contributed by atoms with van der Waals surface area (Å²) in [6.07, 6.45) is 2.70. The van der Waals surface area contributed by atoms with E-state index in [4.69, 9.17) is 28.9 Å². The van der Waals surface area contributed by atoms with Gasteiger partial charge in [-0.1, -0.05) is 29.6 Å². The lowest BCUT2D eigenvalue weighted by atomic mass is 10.00. The maximum Gasteiger partial charge on any atom is 0.218 e. The summed E-state index contributed by atoms with van der Waals surface area (Å²) in [4.78, 5) is 0. The van der Waals surface area contributed by atoms with Gasteiger partial charge in [-0.3, -0.25) is 0 Å². The quantitative estimate of drug-likeness (QED) is 0.907. The molecule has 0 saturated carbocycles. The van der Waals surface area contributed by atoms with Crippen molar-refractivity contribution in [3.63, 3.8) is 0 Å². The summed E-state index contributed by atoms with van der Waals surface area (Å²) >= 11 is 11.9. The van der Waals surface area contributed by atoms with Crippen LogP contribution in [0.4, 0.5) is 0 Å². The fourth-order valence-corrected chi connectivity index (χ4v) is 5.23. The highest BCUT2D eigenvalue weighted by molar-refractivity contribution is 7.88. The van der Waals surface area contributed by atoms with Crippen molar-refractivity contribution in [3.05, 3.63) is 33.8 Å². The van der Waals surface area contributed by atoms with Crippen molar-refractivity contribution in [1.82, 2.24) is 4.31 Å². The second-order valence-corrected chi connectivity index (χ2v) is 8.36. The molecule has 2 atom stereocenters. The lowest BCUT2D eigenvalue weighted by Gasteiger charge is -2.37. The number of nitrogens with zero attached hydrogens (tertiary/aromatic N) is 1. The molecule has 1 aliphatic rings. The topological polar surface area (TPSA) is 63.4 Å². The van der Waals surface area contributed by atoms with Gasteiger partial charge in [0.25, 0.3) is 0 Å². The van der Waals surface area contributed by atoms with Crippen LogP contribution in [0.15, 0.2) is 18.2 Å². The molecule has 2 rings (SSSR count). The smallest absolute Gasteiger partial charge is 0.218 e. The predicted molar refractivity (Wildman–Crippen MR) is 87.1 cm³/mol. The van der Waals surface area contributed by atoms with Crippen molar-refractivity contribution in [1.29, 1.82) is 0 Å². The Labute approximate surface area is 136 Å². The number of hydrogen-bond donors (Lipinski definition) is 1. The van der Waals surface area contributed by atoms with Crippen LogP contribution < -0.4 is 5.73 Å². The van der Waals surface area contributed by atoms with Crippen molar-refractivity contribution in [2.24, 2.45) is 5.73 Å². The van der Waals surface area contributed by atoms with E-state index < -0.39 is 10.0 Å². The maximum absolute atomic E-state index is 12.7. The molecular formula is C14H20Cl2N2O2S. The molecule has 0 aliphatic carbocycles. The van der Waals surface area contributed by atoms with E-state index in [1.807, 2.05) is 6.92 Å². The molecule has 2 N–H and O–H groups in total. The zero-order valence-corrected chi connectivity index (χ0v) is 14.3. The molecule has 1 fully saturated rings. The van der Waals surface area contributed by atoms with E-state index in [0.29, 0.717) is 22.2 Å². The van der Waals surface area contributed by atoms with Crippen molar-refractivity contribution in [2.45, 2.75) is 44.0 Å². The van der Waals surface area contributed by atoms with Crippen LogP contribution in [-0.4, -0.2) is 31.4 Å². The van der Waals surface area contributed by atoms with E-state index in [0.717, 1.165) is 19.3 Å². The summed E-state index contributed by atoms with van der Waals surface area (Å²) in [7, 11) is -3.43. The third-order valence-electron chi connectivity index (χ3n) is 3.73. The highest BCUT2D eigenvalue weighted by Gasteiger charge is 2.34. The lowest BCUT2D eigenvalue weighted by molar-refractivity contribution is 0.227. The van der Waals surface area contributed by atoms with Gasteiger partial charge in [0.1, 0.15) is 0 Å². The molecule has 0 spiro atoms. The molecule has 0 radical (unpaired) electrons. The molecule has 118 valence electrons. The highest BCUT2D eigenvalue weighted by atomic mass is 35.5. The fraction of sp³-hybridized carbons (Fsp3) is 0.571. The molecule has 2 unspecified atom stereocenters. The van der Waals surface area contributed by atoms with Gasteiger partial charge in [-0.15, -0.1) is 0 Å². The number of halogens is 2. The largest absolute Gasteiger partial charge is 0.326 e. The minimum atomic E-state index is -3.43. The summed E-state index contributed by atoms with van der Waals surface area (Å²) in [6.45, 7) is 2.39. The Bertz CT molecular complexity index is 585. The van der Waals surface area contributed by atoms with Crippen LogP contribution in [-0.2, 0) is 15.8 Å². The minimum absolute atomic E-state index is 0.101. The van der Waals surface area contributed by atoms with Gasteiger partial charge in [0.15, 0.2) is 0 Å². The Morgan fingerprint density at radius 2 is 1.90 bits per heavy atom. The van der Waals surface area contributed by atoms with E-state index in [2.05, 4.69) is 0 Å². The van der Waals surface area contributed by atoms with Gasteiger partial charge in [-0.2, -0.15) is 4.31 Å². The van der Waals surface area contributed by atoms with Gasteiger partial charge in [-0.25, -0.2) is 8.42 Å². The summed E-state index contributed by atoms with van der Waals surface area (Å²) in [5.41, 5.74) is 6.55. The third-order valence-corrected chi connectivity index (χ3v) is 6.04. The Hall–Kier alpha value is -0.330. The summed E-state index contributed by atoms with van der Waals surface area (Å²) in [5, 5.41) is 0.880. The average molecular weight is 351 g/mol. The van der Waals surface area contributed by atoms with Crippen LogP contribution in [0.1, 0.15) is 31.7 Å². The Morgan fingerprint density at radius 3 is 2.48 bits per heavy atom. The second kappa shape index (κ2) is 6.84. The van der Waals surface area contributed by atoms with Crippen molar-refractivity contribution in [3.8, 4) is 0 Å². The second-order valence-electron chi connectivity index (χ2n) is 5.57. The van der Waals surface area contributed by atoms with Crippen LogP contribution >= 0.6 is 23.2 Å². The molecule has 1 aromatic carbocycles. The Morgan fingerprint density at radius 1 is 1.29 bits per heavy atom. The summed E-state index contributed by atoms with van der Waals surface area (Å²) in [6, 6.07) is 4.55. The molecule has 1 heterocycles. The normalized spacial score (nSPS) is 22.2. The third kappa shape index (κ3) is 4.33. The van der Waals surface area contributed by atoms with Gasteiger partial charge in [-0.05, 0) is 43.5 Å². The summed E-state index contributed by atoms with van der Waals surface area (Å²) < 4.78 is 26.9. The van der Waals surface area contributed by atoms with Crippen LogP contribution in [0.5, 0.6) is 0 Å². The van der Waals surface area contributed by atoms with E-state index in [9.17, 15) is 8.42 Å². The van der Waals surface area contributed by atoms with Crippen LogP contribution in [0.2, 0.25) is 10.0 Å². The van der Waals surface area contributed by atoms with Gasteiger partial charge in [0.05, 0.1) is 5.75 Å². The molecule has 0 aromatic heterocycles. The Balaban J connectivity index is 2.24. The maximum atomic E-state index is 12.7. The monoisotopic (exact) mass is 350 g/mol.